The molecule has 1 fully saturated rings. The molecule has 0 bridgehead atoms. The van der Waals surface area contributed by atoms with E-state index in [-0.39, 0.29) is 18.1 Å². The molecule has 0 spiro atoms. The predicted octanol–water partition coefficient (Wildman–Crippen LogP) is 2.20. The lowest BCUT2D eigenvalue weighted by molar-refractivity contribution is 0.0176. The fraction of sp³-hybridized carbons (Fsp3) is 0.538. The fourth-order valence-electron chi connectivity index (χ4n) is 2.01. The van der Waals surface area contributed by atoms with Crippen molar-refractivity contribution < 1.29 is 9.53 Å². The third-order valence-corrected chi connectivity index (χ3v) is 3.43. The van der Waals surface area contributed by atoms with Gasteiger partial charge in [0.25, 0.3) is 5.91 Å². The molecule has 1 saturated carbocycles. The van der Waals surface area contributed by atoms with Gasteiger partial charge in [-0.3, -0.25) is 4.79 Å². The molecule has 2 rings (SSSR count). The number of nitrogens with zero attached hydrogens (tertiary/aromatic N) is 1. The minimum Gasteiger partial charge on any atom is -0.381 e. The molecule has 5 heteroatoms. The molecule has 1 heterocycles. The number of aromatic nitrogens is 1. The van der Waals surface area contributed by atoms with Crippen molar-refractivity contribution >= 4 is 17.5 Å². The Balaban J connectivity index is 1.98. The molecule has 98 valence electrons. The van der Waals surface area contributed by atoms with Crippen LogP contribution in [0, 0.1) is 0 Å². The summed E-state index contributed by atoms with van der Waals surface area (Å²) >= 11 is 5.89. The van der Waals surface area contributed by atoms with Crippen LogP contribution in [-0.4, -0.2) is 30.1 Å². The summed E-state index contributed by atoms with van der Waals surface area (Å²) in [4.78, 5) is 16.2. The summed E-state index contributed by atoms with van der Waals surface area (Å²) < 4.78 is 5.18. The van der Waals surface area contributed by atoms with E-state index < -0.39 is 0 Å². The third kappa shape index (κ3) is 3.00. The van der Waals surface area contributed by atoms with Gasteiger partial charge in [-0.1, -0.05) is 18.5 Å². The highest BCUT2D eigenvalue weighted by molar-refractivity contribution is 6.29. The number of methoxy groups -OCH3 is 1. The second-order valence-corrected chi connectivity index (χ2v) is 4.91. The van der Waals surface area contributed by atoms with Crippen LogP contribution >= 0.6 is 11.6 Å². The Bertz CT molecular complexity index is 445. The van der Waals surface area contributed by atoms with Gasteiger partial charge in [-0.05, 0) is 31.4 Å². The Labute approximate surface area is 112 Å². The molecule has 0 aromatic carbocycles. The van der Waals surface area contributed by atoms with Crippen molar-refractivity contribution in [3.8, 4) is 0 Å². The molecule has 0 unspecified atom stereocenters. The fourth-order valence-corrected chi connectivity index (χ4v) is 2.23. The minimum absolute atomic E-state index is 0.0893. The normalized spacial score (nSPS) is 22.4. The second-order valence-electron chi connectivity index (χ2n) is 4.52. The number of rotatable bonds is 4. The standard InChI is InChI=1S/C13H17ClN2O2/c1-3-9-4-8(5-12(14)15-9)13(17)16-10-6-11(7-10)18-2/h4-5,10-11H,3,6-7H2,1-2H3,(H,16,17). The highest BCUT2D eigenvalue weighted by Gasteiger charge is 2.30. The molecular formula is C13H17ClN2O2. The van der Waals surface area contributed by atoms with E-state index in [2.05, 4.69) is 10.3 Å². The summed E-state index contributed by atoms with van der Waals surface area (Å²) in [5.41, 5.74) is 1.41. The van der Waals surface area contributed by atoms with E-state index in [1.165, 1.54) is 0 Å². The van der Waals surface area contributed by atoms with Gasteiger partial charge in [-0.15, -0.1) is 0 Å². The number of amides is 1. The van der Waals surface area contributed by atoms with Gasteiger partial charge in [-0.2, -0.15) is 0 Å². The topological polar surface area (TPSA) is 51.2 Å². The number of ether oxygens (including phenoxy) is 1. The SMILES string of the molecule is CCc1cc(C(=O)NC2CC(OC)C2)cc(Cl)n1. The molecule has 1 N–H and O–H groups in total. The van der Waals surface area contributed by atoms with Gasteiger partial charge >= 0.3 is 0 Å². The number of halogens is 1. The molecule has 1 aliphatic rings. The highest BCUT2D eigenvalue weighted by Crippen LogP contribution is 2.23. The molecular weight excluding hydrogens is 252 g/mol. The Hall–Kier alpha value is -1.13. The largest absolute Gasteiger partial charge is 0.381 e. The van der Waals surface area contributed by atoms with Crippen molar-refractivity contribution in [2.45, 2.75) is 38.3 Å². The van der Waals surface area contributed by atoms with Gasteiger partial charge < -0.3 is 10.1 Å². The lowest BCUT2D eigenvalue weighted by atomic mass is 9.89. The summed E-state index contributed by atoms with van der Waals surface area (Å²) in [5.74, 6) is -0.0893. The van der Waals surface area contributed by atoms with Gasteiger partial charge in [0.15, 0.2) is 0 Å². The average molecular weight is 269 g/mol. The van der Waals surface area contributed by atoms with Crippen LogP contribution in [0.5, 0.6) is 0 Å². The molecule has 4 nitrogen and oxygen atoms in total. The van der Waals surface area contributed by atoms with E-state index in [4.69, 9.17) is 16.3 Å². The van der Waals surface area contributed by atoms with Crippen LogP contribution in [0.25, 0.3) is 0 Å². The minimum atomic E-state index is -0.0893. The first-order valence-electron chi connectivity index (χ1n) is 6.12. The maximum absolute atomic E-state index is 12.0. The molecule has 0 atom stereocenters. The zero-order chi connectivity index (χ0) is 13.1. The molecule has 1 amide bonds. The van der Waals surface area contributed by atoms with Crippen LogP contribution in [0.3, 0.4) is 0 Å². The number of hydrogen-bond acceptors (Lipinski definition) is 3. The number of aryl methyl sites for hydroxylation is 1. The van der Waals surface area contributed by atoms with E-state index >= 15 is 0 Å². The summed E-state index contributed by atoms with van der Waals surface area (Å²) in [7, 11) is 1.69. The number of carbonyl (C=O) groups excluding carboxylic acids is 1. The Morgan fingerprint density at radius 2 is 2.28 bits per heavy atom. The zero-order valence-electron chi connectivity index (χ0n) is 10.6. The third-order valence-electron chi connectivity index (χ3n) is 3.23. The quantitative estimate of drug-likeness (QED) is 0.852. The number of pyridine rings is 1. The van der Waals surface area contributed by atoms with Crippen LogP contribution in [0.4, 0.5) is 0 Å². The molecule has 18 heavy (non-hydrogen) atoms. The molecule has 1 aromatic rings. The van der Waals surface area contributed by atoms with Gasteiger partial charge in [0.2, 0.25) is 0 Å². The van der Waals surface area contributed by atoms with E-state index in [1.54, 1.807) is 19.2 Å². The Morgan fingerprint density at radius 1 is 1.56 bits per heavy atom. The van der Waals surface area contributed by atoms with Crippen molar-refractivity contribution in [1.29, 1.82) is 0 Å². The predicted molar refractivity (Wildman–Crippen MR) is 69.9 cm³/mol. The van der Waals surface area contributed by atoms with E-state index in [0.717, 1.165) is 25.0 Å². The van der Waals surface area contributed by atoms with Gasteiger partial charge in [0.1, 0.15) is 5.15 Å². The molecule has 0 radical (unpaired) electrons. The first-order valence-corrected chi connectivity index (χ1v) is 6.50. The van der Waals surface area contributed by atoms with Crippen LogP contribution in [-0.2, 0) is 11.2 Å². The highest BCUT2D eigenvalue weighted by atomic mass is 35.5. The summed E-state index contributed by atoms with van der Waals surface area (Å²) in [6, 6.07) is 3.59. The maximum atomic E-state index is 12.0. The average Bonchev–Trinajstić information content (AvgIpc) is 2.32. The number of nitrogens with one attached hydrogen (secondary N) is 1. The van der Waals surface area contributed by atoms with Crippen molar-refractivity contribution in [3.63, 3.8) is 0 Å². The smallest absolute Gasteiger partial charge is 0.251 e. The summed E-state index contributed by atoms with van der Waals surface area (Å²) in [5, 5.41) is 3.33. The van der Waals surface area contributed by atoms with Gasteiger partial charge in [-0.25, -0.2) is 4.98 Å². The first-order chi connectivity index (χ1) is 8.62. The van der Waals surface area contributed by atoms with Crippen molar-refractivity contribution in [1.82, 2.24) is 10.3 Å². The number of carbonyl (C=O) groups is 1. The molecule has 1 aromatic heterocycles. The maximum Gasteiger partial charge on any atom is 0.251 e. The molecule has 0 aliphatic heterocycles. The van der Waals surface area contributed by atoms with E-state index in [9.17, 15) is 4.79 Å². The van der Waals surface area contributed by atoms with Crippen molar-refractivity contribution in [2.75, 3.05) is 7.11 Å². The Morgan fingerprint density at radius 3 is 2.89 bits per heavy atom. The Kier molecular flexibility index (Phi) is 4.19. The monoisotopic (exact) mass is 268 g/mol. The van der Waals surface area contributed by atoms with E-state index in [0.29, 0.717) is 10.7 Å². The lowest BCUT2D eigenvalue weighted by Gasteiger charge is -2.34. The van der Waals surface area contributed by atoms with Crippen LogP contribution in [0.15, 0.2) is 12.1 Å². The first kappa shape index (κ1) is 13.3. The molecule has 0 saturated heterocycles. The lowest BCUT2D eigenvalue weighted by Crippen LogP contribution is -2.47. The summed E-state index contributed by atoms with van der Waals surface area (Å²) in [6.07, 6.45) is 2.79. The van der Waals surface area contributed by atoms with E-state index in [1.807, 2.05) is 6.92 Å². The second kappa shape index (κ2) is 5.67. The summed E-state index contributed by atoms with van der Waals surface area (Å²) in [6.45, 7) is 1.98. The van der Waals surface area contributed by atoms with Crippen LogP contribution in [0.1, 0.15) is 35.8 Å². The number of hydrogen-bond donors (Lipinski definition) is 1. The van der Waals surface area contributed by atoms with Crippen LogP contribution in [0.2, 0.25) is 5.15 Å². The van der Waals surface area contributed by atoms with Gasteiger partial charge in [0, 0.05) is 24.4 Å². The zero-order valence-corrected chi connectivity index (χ0v) is 11.3. The van der Waals surface area contributed by atoms with Gasteiger partial charge in [0.05, 0.1) is 6.10 Å². The molecule has 1 aliphatic carbocycles. The van der Waals surface area contributed by atoms with Crippen LogP contribution < -0.4 is 5.32 Å². The van der Waals surface area contributed by atoms with Crippen molar-refractivity contribution in [2.24, 2.45) is 0 Å². The van der Waals surface area contributed by atoms with Crippen molar-refractivity contribution in [3.05, 3.63) is 28.5 Å².